The molecule has 8 nitrogen and oxygen atoms in total. The molecule has 3 aromatic rings. The van der Waals surface area contributed by atoms with Crippen molar-refractivity contribution in [2.24, 2.45) is 7.05 Å². The molecular formula is C20H25N5O3S. The average molecular weight is 416 g/mol. The third-order valence-electron chi connectivity index (χ3n) is 6.31. The lowest BCUT2D eigenvalue weighted by Gasteiger charge is -2.22. The number of aromatic nitrogens is 4. The van der Waals surface area contributed by atoms with Crippen LogP contribution in [-0.4, -0.2) is 36.0 Å². The number of aryl methyl sites for hydroxylation is 1. The lowest BCUT2D eigenvalue weighted by atomic mass is 9.96. The molecular weight excluding hydrogens is 390 g/mol. The van der Waals surface area contributed by atoms with E-state index in [2.05, 4.69) is 10.00 Å². The number of imidazole rings is 1. The number of thiophene rings is 1. The van der Waals surface area contributed by atoms with Crippen LogP contribution in [0.5, 0.6) is 5.88 Å². The van der Waals surface area contributed by atoms with E-state index in [4.69, 9.17) is 5.10 Å². The molecule has 0 bridgehead atoms. The predicted octanol–water partition coefficient (Wildman–Crippen LogP) is 2.47. The molecule has 5 rings (SSSR count). The zero-order chi connectivity index (χ0) is 20.3. The zero-order valence-electron chi connectivity index (χ0n) is 16.6. The molecule has 9 heteroatoms. The van der Waals surface area contributed by atoms with Crippen molar-refractivity contribution < 1.29 is 9.90 Å². The predicted molar refractivity (Wildman–Crippen MR) is 111 cm³/mol. The van der Waals surface area contributed by atoms with E-state index in [9.17, 15) is 14.7 Å². The summed E-state index contributed by atoms with van der Waals surface area (Å²) < 4.78 is 4.91. The number of hydrogen-bond acceptors (Lipinski definition) is 5. The van der Waals surface area contributed by atoms with Crippen molar-refractivity contribution in [2.75, 3.05) is 0 Å². The first-order valence-electron chi connectivity index (χ1n) is 10.2. The van der Waals surface area contributed by atoms with Crippen LogP contribution >= 0.6 is 11.3 Å². The molecule has 0 aromatic carbocycles. The lowest BCUT2D eigenvalue weighted by Crippen LogP contribution is -2.37. The third kappa shape index (κ3) is 2.90. The Morgan fingerprint density at radius 2 is 2.07 bits per heavy atom. The second kappa shape index (κ2) is 6.76. The van der Waals surface area contributed by atoms with Gasteiger partial charge in [-0.05, 0) is 25.8 Å². The molecule has 2 N–H and O–H groups in total. The molecule has 0 spiro atoms. The van der Waals surface area contributed by atoms with Crippen molar-refractivity contribution in [3.63, 3.8) is 0 Å². The van der Waals surface area contributed by atoms with E-state index in [-0.39, 0.29) is 23.5 Å². The minimum Gasteiger partial charge on any atom is -0.493 e. The van der Waals surface area contributed by atoms with Crippen LogP contribution in [0.25, 0.3) is 10.2 Å². The highest BCUT2D eigenvalue weighted by Crippen LogP contribution is 2.35. The van der Waals surface area contributed by atoms with Crippen LogP contribution in [0.4, 0.5) is 0 Å². The van der Waals surface area contributed by atoms with Crippen LogP contribution in [0.15, 0.2) is 10.9 Å². The normalized spacial score (nSPS) is 19.7. The molecule has 1 fully saturated rings. The number of nitrogens with one attached hydrogen (secondary N) is 1. The maximum atomic E-state index is 12.9. The van der Waals surface area contributed by atoms with Crippen molar-refractivity contribution >= 4 is 27.5 Å². The lowest BCUT2D eigenvalue weighted by molar-refractivity contribution is 0.0940. The monoisotopic (exact) mass is 415 g/mol. The van der Waals surface area contributed by atoms with Gasteiger partial charge in [-0.1, -0.05) is 19.3 Å². The second-order valence-electron chi connectivity index (χ2n) is 8.25. The average Bonchev–Trinajstić information content (AvgIpc) is 3.45. The molecule has 1 aliphatic heterocycles. The smallest absolute Gasteiger partial charge is 0.331 e. The highest BCUT2D eigenvalue weighted by molar-refractivity contribution is 7.20. The Kier molecular flexibility index (Phi) is 4.31. The summed E-state index contributed by atoms with van der Waals surface area (Å²) in [7, 11) is 1.55. The Bertz CT molecular complexity index is 1160. The molecule has 1 atom stereocenters. The van der Waals surface area contributed by atoms with E-state index in [1.54, 1.807) is 7.05 Å². The number of hydrogen-bond donors (Lipinski definition) is 2. The van der Waals surface area contributed by atoms with E-state index in [1.807, 2.05) is 13.0 Å². The first-order chi connectivity index (χ1) is 13.9. The first kappa shape index (κ1) is 18.5. The minimum atomic E-state index is -0.251. The van der Waals surface area contributed by atoms with Gasteiger partial charge in [0.1, 0.15) is 4.83 Å². The standard InChI is InChI=1S/C20H25N5O3S/c1-11-14-9-16(29-19(14)25(22-11)13-6-4-3-5-7-13)17(26)21-12-8-15-18(27)23(2)20(28)24(15)10-12/h9,12-13,27H,3-8,10H2,1-2H3,(H,21,26)/t12-/m0/s1. The number of carbonyl (C=O) groups excluding carboxylic acids is 1. The number of fused-ring (bicyclic) bond motifs is 2. The fraction of sp³-hybridized carbons (Fsp3) is 0.550. The zero-order valence-corrected chi connectivity index (χ0v) is 17.5. The maximum absolute atomic E-state index is 12.9. The summed E-state index contributed by atoms with van der Waals surface area (Å²) in [6, 6.07) is 2.16. The Balaban J connectivity index is 1.36. The number of carbonyl (C=O) groups is 1. The SMILES string of the molecule is Cc1nn(C2CCCCC2)c2sc(C(=O)N[C@H]3Cc4c(O)n(C)c(=O)n4C3)cc12. The molecule has 3 aromatic heterocycles. The topological polar surface area (TPSA) is 94.1 Å². The highest BCUT2D eigenvalue weighted by atomic mass is 32.1. The van der Waals surface area contributed by atoms with Gasteiger partial charge in [-0.3, -0.25) is 18.6 Å². The van der Waals surface area contributed by atoms with Crippen molar-refractivity contribution in [1.82, 2.24) is 24.2 Å². The molecule has 154 valence electrons. The molecule has 4 heterocycles. The summed E-state index contributed by atoms with van der Waals surface area (Å²) in [4.78, 5) is 26.8. The summed E-state index contributed by atoms with van der Waals surface area (Å²) in [5.41, 5.74) is 1.30. The fourth-order valence-electron chi connectivity index (χ4n) is 4.72. The summed E-state index contributed by atoms with van der Waals surface area (Å²) in [5, 5.41) is 18.9. The van der Waals surface area contributed by atoms with Crippen LogP contribution in [0.3, 0.4) is 0 Å². The van der Waals surface area contributed by atoms with Crippen LogP contribution in [-0.2, 0) is 20.0 Å². The molecule has 1 amide bonds. The molecule has 1 saturated carbocycles. The summed E-state index contributed by atoms with van der Waals surface area (Å²) in [6.07, 6.45) is 6.51. The van der Waals surface area contributed by atoms with Crippen LogP contribution in [0.2, 0.25) is 0 Å². The molecule has 0 unspecified atom stereocenters. The third-order valence-corrected chi connectivity index (χ3v) is 7.43. The van der Waals surface area contributed by atoms with Crippen molar-refractivity contribution in [2.45, 2.75) is 64.1 Å². The van der Waals surface area contributed by atoms with E-state index in [0.717, 1.165) is 28.8 Å². The van der Waals surface area contributed by atoms with Gasteiger partial charge >= 0.3 is 5.69 Å². The Hall–Kier alpha value is -2.55. The highest BCUT2D eigenvalue weighted by Gasteiger charge is 2.30. The molecule has 2 aliphatic rings. The van der Waals surface area contributed by atoms with Crippen LogP contribution in [0, 0.1) is 6.92 Å². The first-order valence-corrected chi connectivity index (χ1v) is 11.0. The number of rotatable bonds is 3. The van der Waals surface area contributed by atoms with Gasteiger partial charge in [0.25, 0.3) is 5.91 Å². The number of nitrogens with zero attached hydrogens (tertiary/aromatic N) is 4. The van der Waals surface area contributed by atoms with Gasteiger partial charge in [0.05, 0.1) is 28.3 Å². The fourth-order valence-corrected chi connectivity index (χ4v) is 5.86. The van der Waals surface area contributed by atoms with Gasteiger partial charge in [0.2, 0.25) is 5.88 Å². The number of aromatic hydroxyl groups is 1. The van der Waals surface area contributed by atoms with E-state index >= 15 is 0 Å². The quantitative estimate of drug-likeness (QED) is 0.687. The molecule has 0 saturated heterocycles. The second-order valence-corrected chi connectivity index (χ2v) is 9.28. The van der Waals surface area contributed by atoms with E-state index < -0.39 is 0 Å². The van der Waals surface area contributed by atoms with E-state index in [1.165, 1.54) is 39.7 Å². The van der Waals surface area contributed by atoms with E-state index in [0.29, 0.717) is 29.6 Å². The van der Waals surface area contributed by atoms with Gasteiger partial charge in [-0.2, -0.15) is 5.10 Å². The van der Waals surface area contributed by atoms with Gasteiger partial charge in [-0.15, -0.1) is 11.3 Å². The minimum absolute atomic E-state index is 0.0168. The van der Waals surface area contributed by atoms with Crippen LogP contribution in [0.1, 0.15) is 59.2 Å². The van der Waals surface area contributed by atoms with Crippen molar-refractivity contribution in [1.29, 1.82) is 0 Å². The molecule has 29 heavy (non-hydrogen) atoms. The van der Waals surface area contributed by atoms with Gasteiger partial charge in [-0.25, -0.2) is 4.79 Å². The summed E-state index contributed by atoms with van der Waals surface area (Å²) in [5.74, 6) is -0.148. The van der Waals surface area contributed by atoms with Crippen molar-refractivity contribution in [3.8, 4) is 5.88 Å². The Morgan fingerprint density at radius 3 is 2.79 bits per heavy atom. The molecule has 1 aliphatic carbocycles. The Labute approximate surface area is 171 Å². The molecule has 0 radical (unpaired) electrons. The van der Waals surface area contributed by atoms with Gasteiger partial charge in [0.15, 0.2) is 0 Å². The van der Waals surface area contributed by atoms with Gasteiger partial charge < -0.3 is 10.4 Å². The number of amides is 1. The summed E-state index contributed by atoms with van der Waals surface area (Å²) >= 11 is 1.49. The van der Waals surface area contributed by atoms with Crippen LogP contribution < -0.4 is 11.0 Å². The maximum Gasteiger partial charge on any atom is 0.331 e. The van der Waals surface area contributed by atoms with Gasteiger partial charge in [0, 0.05) is 25.4 Å². The summed E-state index contributed by atoms with van der Waals surface area (Å²) in [6.45, 7) is 2.38. The Morgan fingerprint density at radius 1 is 1.31 bits per heavy atom. The van der Waals surface area contributed by atoms with Crippen molar-refractivity contribution in [3.05, 3.63) is 32.8 Å². The largest absolute Gasteiger partial charge is 0.493 e.